The average Bonchev–Trinajstić information content (AvgIpc) is 0.899. The van der Waals surface area contributed by atoms with Crippen LogP contribution in [-0.4, -0.2) is 286 Å². The Morgan fingerprint density at radius 2 is 0.411 bits per heavy atom. The van der Waals surface area contributed by atoms with Gasteiger partial charge >= 0.3 is 0 Å². The average molecular weight is 2030 g/mol. The molecule has 0 aromatic heterocycles. The third-order valence-electron chi connectivity index (χ3n) is 27.2. The van der Waals surface area contributed by atoms with Crippen LogP contribution in [0.2, 0.25) is 0 Å². The zero-order valence-corrected chi connectivity index (χ0v) is 100. The first-order chi connectivity index (χ1) is 63.8. The second-order valence-corrected chi connectivity index (χ2v) is 59.7. The number of carbonyl (C=O) groups is 10. The minimum absolute atomic E-state index is 0.0133. The number of hydrogen-bond donors (Lipinski definition) is 5. The van der Waals surface area contributed by atoms with Crippen molar-refractivity contribution in [3.05, 3.63) is 0 Å². The smallest absolute Gasteiger partial charge is 0.248 e. The molecule has 0 unspecified atom stereocenters. The number of amides is 10. The molecule has 0 saturated carbocycles. The van der Waals surface area contributed by atoms with Gasteiger partial charge in [0.05, 0.1) is 41.4 Å². The lowest BCUT2D eigenvalue weighted by molar-refractivity contribution is -0.143. The van der Waals surface area contributed by atoms with Gasteiger partial charge in [-0.15, -0.1) is 23.5 Å². The number of ether oxygens (including phenoxy) is 3. The minimum atomic E-state index is -0.305. The molecule has 7 heterocycles. The molecule has 10 amide bonds. The fraction of sp³-hybridized carbons (Fsp3) is 0.912. The molecule has 141 heavy (non-hydrogen) atoms. The summed E-state index contributed by atoms with van der Waals surface area (Å²) in [5.41, 5.74) is 1.37. The van der Waals surface area contributed by atoms with Gasteiger partial charge in [0.2, 0.25) is 59.1 Å². The number of nitrogens with one attached hydrogen (secondary N) is 5. The summed E-state index contributed by atoms with van der Waals surface area (Å²) in [6, 6.07) is 0. The lowest BCUT2D eigenvalue weighted by Crippen LogP contribution is -2.48. The third kappa shape index (κ3) is 64.9. The Bertz CT molecular complexity index is 3220. The van der Waals surface area contributed by atoms with Crippen LogP contribution >= 0.6 is 23.5 Å². The topological polar surface area (TPSA) is 281 Å². The fourth-order valence-electron chi connectivity index (χ4n) is 17.0. The van der Waals surface area contributed by atoms with Crippen LogP contribution in [0.4, 0.5) is 0 Å². The Labute approximate surface area is 872 Å². The highest BCUT2D eigenvalue weighted by Crippen LogP contribution is 2.39. The summed E-state index contributed by atoms with van der Waals surface area (Å²) in [5.74, 6) is 5.90. The first-order valence-corrected chi connectivity index (χ1v) is 56.3. The van der Waals surface area contributed by atoms with Crippen LogP contribution < -0.4 is 26.6 Å². The number of likely N-dealkylation sites (tertiary alicyclic amines) is 7. The van der Waals surface area contributed by atoms with Crippen LogP contribution in [0.5, 0.6) is 0 Å². The van der Waals surface area contributed by atoms with Gasteiger partial charge in [0.25, 0.3) is 0 Å². The molecular weight excluding hydrogens is 1810 g/mol. The Kier molecular flexibility index (Phi) is 56.7. The number of thioether (sulfide) groups is 2. The molecular formula is C114H220N12O13S2. The van der Waals surface area contributed by atoms with Gasteiger partial charge in [-0.1, -0.05) is 187 Å². The molecule has 0 aromatic carbocycles. The number of piperidine rings is 7. The van der Waals surface area contributed by atoms with E-state index in [4.69, 9.17) is 14.2 Å². The van der Waals surface area contributed by atoms with Crippen LogP contribution in [0.25, 0.3) is 0 Å². The van der Waals surface area contributed by atoms with Crippen molar-refractivity contribution in [2.24, 2.45) is 79.3 Å². The van der Waals surface area contributed by atoms with E-state index in [0.29, 0.717) is 91.4 Å². The zero-order valence-electron chi connectivity index (χ0n) is 98.8. The maximum atomic E-state index is 12.2. The normalized spacial score (nSPS) is 18.2. The molecule has 5 N–H and O–H groups in total. The number of nitrogens with zero attached hydrogens (tertiary/aromatic N) is 7. The molecule has 0 aromatic rings. The standard InChI is InChI=1S/C18H35N3O2.C18H34N2O3.C18H34N2O2S.C15H30N2O.2C15H29NO2.C15H29NOS/c1-17(2,3)9-10-19-16(23)14-7-11-21(12-8-14)15(22)13-20-18(4,5)6;2*1-17(2,3)9-10-19-16(22)14-7-11-20(12-8-14)15(21)13-23-18(4,5)6;1-14(2,3)12-7-9-17(10-8-12)13(18)11-16-15(4,5)6;3*1-14(2,3)12-7-9-16(10-8-12)13(17)11-18-15(4,5)6/h14,20H,7-13H2,1-6H3,(H,19,23);2*14H,7-13H2,1-6H3,(H,19,22);12,16H,7-11H2,1-6H3;3*12H,7-11H2,1-6H3. The van der Waals surface area contributed by atoms with E-state index in [1.165, 1.54) is 0 Å². The summed E-state index contributed by atoms with van der Waals surface area (Å²) in [4.78, 5) is 135. The highest BCUT2D eigenvalue weighted by atomic mass is 32.2. The predicted octanol–water partition coefficient (Wildman–Crippen LogP) is 20.7. The summed E-state index contributed by atoms with van der Waals surface area (Å²) in [6.45, 7) is 105. The summed E-state index contributed by atoms with van der Waals surface area (Å²) in [6.07, 6.45) is 16.6. The largest absolute Gasteiger partial charge is 0.366 e. The van der Waals surface area contributed by atoms with E-state index in [1.807, 2.05) is 91.7 Å². The highest BCUT2D eigenvalue weighted by molar-refractivity contribution is 8.01. The van der Waals surface area contributed by atoms with Crippen molar-refractivity contribution in [2.45, 2.75) is 437 Å². The molecule has 0 radical (unpaired) electrons. The second-order valence-electron chi connectivity index (χ2n) is 56.1. The van der Waals surface area contributed by atoms with Crippen molar-refractivity contribution in [3.63, 3.8) is 0 Å². The maximum Gasteiger partial charge on any atom is 0.248 e. The molecule has 0 spiro atoms. The third-order valence-corrected chi connectivity index (χ3v) is 29.7. The Morgan fingerprint density at radius 3 is 0.567 bits per heavy atom. The van der Waals surface area contributed by atoms with Gasteiger partial charge in [-0.05, 0) is 275 Å². The van der Waals surface area contributed by atoms with Crippen LogP contribution in [0.1, 0.15) is 400 Å². The first-order valence-electron chi connectivity index (χ1n) is 54.3. The molecule has 7 aliphatic rings. The van der Waals surface area contributed by atoms with Crippen LogP contribution in [-0.2, 0) is 62.2 Å². The highest BCUT2D eigenvalue weighted by Gasteiger charge is 2.38. The summed E-state index contributed by atoms with van der Waals surface area (Å²) >= 11 is 3.44. The summed E-state index contributed by atoms with van der Waals surface area (Å²) in [5, 5.41) is 15.6. The maximum absolute atomic E-state index is 12.2. The second kappa shape index (κ2) is 59.6. The first kappa shape index (κ1) is 134. The van der Waals surface area contributed by atoms with Crippen molar-refractivity contribution >= 4 is 82.6 Å². The van der Waals surface area contributed by atoms with E-state index in [-0.39, 0.29) is 144 Å². The van der Waals surface area contributed by atoms with Crippen LogP contribution in [0.15, 0.2) is 0 Å². The molecule has 7 rings (SSSR count). The molecule has 27 heteroatoms. The van der Waals surface area contributed by atoms with E-state index in [2.05, 4.69) is 260 Å². The van der Waals surface area contributed by atoms with E-state index in [1.54, 1.807) is 23.5 Å². The van der Waals surface area contributed by atoms with Gasteiger partial charge in [-0.2, -0.15) is 0 Å². The Morgan fingerprint density at radius 1 is 0.241 bits per heavy atom. The zero-order chi connectivity index (χ0) is 109. The van der Waals surface area contributed by atoms with Gasteiger partial charge in [0, 0.05) is 150 Å². The SMILES string of the molecule is CC(C)(C)CCNC(=O)C1CCN(C(=O)CNC(C)(C)C)CC1.CC(C)(C)CCNC(=O)C1CCN(C(=O)COC(C)(C)C)CC1.CC(C)(C)CCNC(=O)C1CCN(C(=O)CSC(C)(C)C)CC1.CC(C)(C)NCC(=O)N1CCC(C(C)(C)C)CC1.CC(C)(C)OCC(=O)N1CCC(C(C)(C)C)CC1.CC(C)(C)OCC(=O)N1CCC(C(C)(C)C)CC1.CC(C)(C)SCC(=O)N1CCC(C(C)(C)C)CC1. The van der Waals surface area contributed by atoms with Crippen LogP contribution in [0.3, 0.4) is 0 Å². The monoisotopic (exact) mass is 2030 g/mol. The van der Waals surface area contributed by atoms with Crippen LogP contribution in [0, 0.1) is 79.3 Å². The molecule has 7 saturated heterocycles. The molecule has 7 fully saturated rings. The molecule has 0 aliphatic carbocycles. The Hall–Kier alpha value is -4.80. The molecule has 0 bridgehead atoms. The summed E-state index contributed by atoms with van der Waals surface area (Å²) < 4.78 is 16.9. The Balaban J connectivity index is 0.000000825. The van der Waals surface area contributed by atoms with E-state index in [0.717, 1.165) is 205 Å². The van der Waals surface area contributed by atoms with Gasteiger partial charge in [0.15, 0.2) is 0 Å². The number of hydrogen-bond acceptors (Lipinski definition) is 17. The predicted molar refractivity (Wildman–Crippen MR) is 591 cm³/mol. The minimum Gasteiger partial charge on any atom is -0.366 e. The van der Waals surface area contributed by atoms with Gasteiger partial charge < -0.3 is 75.1 Å². The van der Waals surface area contributed by atoms with Crippen molar-refractivity contribution in [2.75, 3.05) is 156 Å². The number of rotatable bonds is 23. The van der Waals surface area contributed by atoms with Crippen molar-refractivity contribution in [3.8, 4) is 0 Å². The van der Waals surface area contributed by atoms with Gasteiger partial charge in [-0.3, -0.25) is 47.9 Å². The molecule has 25 nitrogen and oxygen atoms in total. The van der Waals surface area contributed by atoms with E-state index < -0.39 is 0 Å². The fourth-order valence-corrected chi connectivity index (χ4v) is 18.5. The van der Waals surface area contributed by atoms with E-state index in [9.17, 15) is 47.9 Å². The molecule has 826 valence electrons. The van der Waals surface area contributed by atoms with Crippen molar-refractivity contribution in [1.29, 1.82) is 0 Å². The lowest BCUT2D eigenvalue weighted by Gasteiger charge is -2.39. The van der Waals surface area contributed by atoms with Gasteiger partial charge in [0.1, 0.15) is 19.8 Å². The number of carbonyl (C=O) groups excluding carboxylic acids is 10. The molecule has 0 atom stereocenters. The van der Waals surface area contributed by atoms with Crippen molar-refractivity contribution in [1.82, 2.24) is 60.9 Å². The summed E-state index contributed by atoms with van der Waals surface area (Å²) in [7, 11) is 0. The van der Waals surface area contributed by atoms with Gasteiger partial charge in [-0.25, -0.2) is 0 Å². The lowest BCUT2D eigenvalue weighted by atomic mass is 9.75. The van der Waals surface area contributed by atoms with E-state index >= 15 is 0 Å². The van der Waals surface area contributed by atoms with Crippen molar-refractivity contribution < 1.29 is 62.2 Å². The molecule has 7 aliphatic heterocycles. The quantitative estimate of drug-likeness (QED) is 0.0635.